The summed E-state index contributed by atoms with van der Waals surface area (Å²) >= 11 is 0. The van der Waals surface area contributed by atoms with Crippen LogP contribution in [-0.4, -0.2) is 5.91 Å². The zero-order valence-corrected chi connectivity index (χ0v) is 6.29. The summed E-state index contributed by atoms with van der Waals surface area (Å²) in [7, 11) is 0. The Balaban J connectivity index is 3.88. The molecule has 0 radical (unpaired) electrons. The van der Waals surface area contributed by atoms with E-state index in [1.54, 1.807) is 0 Å². The molecule has 2 N–H and O–H groups in total. The van der Waals surface area contributed by atoms with Crippen molar-refractivity contribution in [3.05, 3.63) is 0 Å². The number of amides is 1. The lowest BCUT2D eigenvalue weighted by Gasteiger charge is -2.06. The van der Waals surface area contributed by atoms with E-state index in [1.807, 2.05) is 19.9 Å². The van der Waals surface area contributed by atoms with Gasteiger partial charge in [-0.15, -0.1) is 0 Å². The summed E-state index contributed by atoms with van der Waals surface area (Å²) in [6.07, 6.45) is 0.561. The van der Waals surface area contributed by atoms with Gasteiger partial charge in [0, 0.05) is 0 Å². The highest BCUT2D eigenvalue weighted by molar-refractivity contribution is 5.79. The monoisotopic (exact) mass is 140 g/mol. The van der Waals surface area contributed by atoms with Crippen LogP contribution in [-0.2, 0) is 4.79 Å². The highest BCUT2D eigenvalue weighted by Crippen LogP contribution is 2.09. The molecule has 0 spiro atoms. The highest BCUT2D eigenvalue weighted by Gasteiger charge is 2.14. The van der Waals surface area contributed by atoms with Crippen LogP contribution >= 0.6 is 0 Å². The van der Waals surface area contributed by atoms with E-state index in [0.29, 0.717) is 12.3 Å². The first-order valence-corrected chi connectivity index (χ1v) is 3.26. The van der Waals surface area contributed by atoms with Crippen LogP contribution in [0.5, 0.6) is 0 Å². The van der Waals surface area contributed by atoms with Crippen LogP contribution in [0.4, 0.5) is 0 Å². The molecule has 0 rings (SSSR count). The van der Waals surface area contributed by atoms with Crippen molar-refractivity contribution in [2.24, 2.45) is 17.6 Å². The predicted molar refractivity (Wildman–Crippen MR) is 37.8 cm³/mol. The van der Waals surface area contributed by atoms with Gasteiger partial charge in [0.25, 0.3) is 0 Å². The number of nitriles is 1. The number of carbonyl (C=O) groups is 1. The van der Waals surface area contributed by atoms with Gasteiger partial charge >= 0.3 is 0 Å². The molecule has 0 fully saturated rings. The van der Waals surface area contributed by atoms with Crippen molar-refractivity contribution in [1.82, 2.24) is 0 Å². The number of nitrogens with two attached hydrogens (primary N) is 1. The van der Waals surface area contributed by atoms with E-state index < -0.39 is 11.8 Å². The number of primary amides is 1. The molecular formula is C7H12N2O. The summed E-state index contributed by atoms with van der Waals surface area (Å²) in [6.45, 7) is 3.90. The van der Waals surface area contributed by atoms with Crippen LogP contribution in [0.15, 0.2) is 0 Å². The first-order valence-electron chi connectivity index (χ1n) is 3.26. The lowest BCUT2D eigenvalue weighted by Crippen LogP contribution is -2.23. The van der Waals surface area contributed by atoms with Crippen molar-refractivity contribution < 1.29 is 4.79 Å². The summed E-state index contributed by atoms with van der Waals surface area (Å²) < 4.78 is 0. The summed E-state index contributed by atoms with van der Waals surface area (Å²) in [6, 6.07) is 1.86. The Labute approximate surface area is 60.8 Å². The van der Waals surface area contributed by atoms with E-state index in [4.69, 9.17) is 11.0 Å². The lowest BCUT2D eigenvalue weighted by atomic mass is 9.98. The molecule has 3 nitrogen and oxygen atoms in total. The number of rotatable bonds is 3. The molecule has 0 bridgehead atoms. The Morgan fingerprint density at radius 2 is 2.20 bits per heavy atom. The van der Waals surface area contributed by atoms with E-state index in [2.05, 4.69) is 0 Å². The Bertz CT molecular complexity index is 157. The minimum atomic E-state index is -0.611. The van der Waals surface area contributed by atoms with Gasteiger partial charge in [0.1, 0.15) is 5.92 Å². The molecule has 0 saturated carbocycles. The molecule has 10 heavy (non-hydrogen) atoms. The van der Waals surface area contributed by atoms with Gasteiger partial charge in [-0.25, -0.2) is 0 Å². The summed E-state index contributed by atoms with van der Waals surface area (Å²) in [5.74, 6) is -0.784. The average molecular weight is 140 g/mol. The van der Waals surface area contributed by atoms with Crippen molar-refractivity contribution in [2.75, 3.05) is 0 Å². The number of hydrogen-bond donors (Lipinski definition) is 1. The van der Waals surface area contributed by atoms with Gasteiger partial charge in [-0.3, -0.25) is 4.79 Å². The van der Waals surface area contributed by atoms with E-state index in [-0.39, 0.29) is 0 Å². The van der Waals surface area contributed by atoms with Gasteiger partial charge in [-0.05, 0) is 12.3 Å². The van der Waals surface area contributed by atoms with Crippen LogP contribution in [0.25, 0.3) is 0 Å². The fourth-order valence-corrected chi connectivity index (χ4v) is 0.704. The van der Waals surface area contributed by atoms with Gasteiger partial charge in [0.05, 0.1) is 6.07 Å². The largest absolute Gasteiger partial charge is 0.369 e. The summed E-state index contributed by atoms with van der Waals surface area (Å²) in [5.41, 5.74) is 4.93. The topological polar surface area (TPSA) is 66.9 Å². The molecular weight excluding hydrogens is 128 g/mol. The maximum Gasteiger partial charge on any atom is 0.234 e. The van der Waals surface area contributed by atoms with E-state index in [9.17, 15) is 4.79 Å². The van der Waals surface area contributed by atoms with Crippen LogP contribution < -0.4 is 5.73 Å². The van der Waals surface area contributed by atoms with Crippen molar-refractivity contribution in [3.8, 4) is 6.07 Å². The molecule has 0 aromatic rings. The lowest BCUT2D eigenvalue weighted by molar-refractivity contribution is -0.120. The molecule has 1 unspecified atom stereocenters. The van der Waals surface area contributed by atoms with E-state index in [0.717, 1.165) is 0 Å². The highest BCUT2D eigenvalue weighted by atomic mass is 16.1. The molecule has 56 valence electrons. The normalized spacial score (nSPS) is 12.6. The Morgan fingerprint density at radius 1 is 1.70 bits per heavy atom. The van der Waals surface area contributed by atoms with Crippen molar-refractivity contribution in [2.45, 2.75) is 20.3 Å². The fourth-order valence-electron chi connectivity index (χ4n) is 0.704. The molecule has 1 amide bonds. The van der Waals surface area contributed by atoms with Gasteiger partial charge < -0.3 is 5.73 Å². The van der Waals surface area contributed by atoms with Crippen LogP contribution in [0.2, 0.25) is 0 Å². The van der Waals surface area contributed by atoms with Gasteiger partial charge in [0.15, 0.2) is 0 Å². The minimum absolute atomic E-state index is 0.345. The molecule has 0 saturated heterocycles. The van der Waals surface area contributed by atoms with Crippen LogP contribution in [0.3, 0.4) is 0 Å². The maximum atomic E-state index is 10.5. The summed E-state index contributed by atoms with van der Waals surface area (Å²) in [5, 5.41) is 8.39. The maximum absolute atomic E-state index is 10.5. The second-order valence-electron chi connectivity index (χ2n) is 2.71. The van der Waals surface area contributed by atoms with Gasteiger partial charge in [0.2, 0.25) is 5.91 Å². The standard InChI is InChI=1S/C7H12N2O/c1-5(2)3-6(4-8)7(9)10/h5-6H,3H2,1-2H3,(H2,9,10). The number of carbonyl (C=O) groups excluding carboxylic acids is 1. The molecule has 3 heteroatoms. The smallest absolute Gasteiger partial charge is 0.234 e. The molecule has 1 atom stereocenters. The Morgan fingerprint density at radius 3 is 2.30 bits per heavy atom. The van der Waals surface area contributed by atoms with Crippen LogP contribution in [0, 0.1) is 23.2 Å². The average Bonchev–Trinajstić information content (AvgIpc) is 1.81. The second-order valence-corrected chi connectivity index (χ2v) is 2.71. The molecule has 0 aromatic carbocycles. The second kappa shape index (κ2) is 3.89. The first kappa shape index (κ1) is 8.96. The van der Waals surface area contributed by atoms with E-state index in [1.165, 1.54) is 0 Å². The number of hydrogen-bond acceptors (Lipinski definition) is 2. The molecule has 0 heterocycles. The van der Waals surface area contributed by atoms with Gasteiger partial charge in [-0.2, -0.15) is 5.26 Å². The third-order valence-electron chi connectivity index (χ3n) is 1.21. The van der Waals surface area contributed by atoms with Crippen molar-refractivity contribution in [3.63, 3.8) is 0 Å². The Hall–Kier alpha value is -1.04. The fraction of sp³-hybridized carbons (Fsp3) is 0.714. The van der Waals surface area contributed by atoms with Gasteiger partial charge in [-0.1, -0.05) is 13.8 Å². The third kappa shape index (κ3) is 3.08. The third-order valence-corrected chi connectivity index (χ3v) is 1.21. The summed E-state index contributed by atoms with van der Waals surface area (Å²) in [4.78, 5) is 10.5. The first-order chi connectivity index (χ1) is 4.57. The zero-order valence-electron chi connectivity index (χ0n) is 6.29. The van der Waals surface area contributed by atoms with Crippen LogP contribution in [0.1, 0.15) is 20.3 Å². The molecule has 0 aromatic heterocycles. The van der Waals surface area contributed by atoms with Crippen molar-refractivity contribution in [1.29, 1.82) is 5.26 Å². The zero-order chi connectivity index (χ0) is 8.15. The number of nitrogens with zero attached hydrogens (tertiary/aromatic N) is 1. The molecule has 0 aliphatic heterocycles. The minimum Gasteiger partial charge on any atom is -0.369 e. The SMILES string of the molecule is CC(C)CC(C#N)C(N)=O. The molecule has 0 aliphatic rings. The van der Waals surface area contributed by atoms with Crippen molar-refractivity contribution >= 4 is 5.91 Å². The molecule has 0 aliphatic carbocycles. The Kier molecular flexibility index (Phi) is 3.48. The quantitative estimate of drug-likeness (QED) is 0.625. The van der Waals surface area contributed by atoms with E-state index >= 15 is 0 Å². The predicted octanol–water partition coefficient (Wildman–Crippen LogP) is 0.658.